The van der Waals surface area contributed by atoms with Crippen LogP contribution in [0.1, 0.15) is 25.7 Å². The predicted molar refractivity (Wildman–Crippen MR) is 48.5 cm³/mol. The third kappa shape index (κ3) is 1.41. The van der Waals surface area contributed by atoms with Crippen molar-refractivity contribution >= 4 is 13.9 Å². The van der Waals surface area contributed by atoms with Crippen LogP contribution in [0.4, 0.5) is 0 Å². The Morgan fingerprint density at radius 1 is 0.909 bits per heavy atom. The average Bonchev–Trinajstić information content (AvgIpc) is 2.45. The van der Waals surface area contributed by atoms with Crippen molar-refractivity contribution in [3.8, 4) is 0 Å². The molecular formula is C9H16OSi. The molecule has 0 radical (unpaired) electrons. The lowest BCUT2D eigenvalue weighted by Crippen LogP contribution is -2.34. The fourth-order valence-corrected chi connectivity index (χ4v) is 7.80. The Hall–Kier alpha value is -0.113. The first kappa shape index (κ1) is 7.53. The van der Waals surface area contributed by atoms with E-state index in [1.54, 1.807) is 12.1 Å². The van der Waals surface area contributed by atoms with Gasteiger partial charge in [-0.2, -0.15) is 0 Å². The Morgan fingerprint density at radius 2 is 1.45 bits per heavy atom. The van der Waals surface area contributed by atoms with Gasteiger partial charge < -0.3 is 0 Å². The molecule has 2 fully saturated rings. The van der Waals surface area contributed by atoms with Crippen LogP contribution in [0.15, 0.2) is 0 Å². The summed E-state index contributed by atoms with van der Waals surface area (Å²) >= 11 is 0. The summed E-state index contributed by atoms with van der Waals surface area (Å²) in [7, 11) is -0.782. The van der Waals surface area contributed by atoms with Crippen LogP contribution in [0, 0.1) is 0 Å². The summed E-state index contributed by atoms with van der Waals surface area (Å²) in [6, 6.07) is 5.76. The van der Waals surface area contributed by atoms with Gasteiger partial charge in [-0.1, -0.05) is 37.0 Å². The predicted octanol–water partition coefficient (Wildman–Crippen LogP) is 2.59. The molecule has 2 rings (SSSR count). The second-order valence-electron chi connectivity index (χ2n) is 4.25. The van der Waals surface area contributed by atoms with E-state index in [-0.39, 0.29) is 0 Å². The first-order valence-electron chi connectivity index (χ1n) is 4.83. The number of carbonyl (C=O) groups is 1. The monoisotopic (exact) mass is 168 g/mol. The van der Waals surface area contributed by atoms with Crippen molar-refractivity contribution in [2.45, 2.75) is 49.9 Å². The molecule has 0 aromatic heterocycles. The Labute approximate surface area is 69.2 Å². The highest BCUT2D eigenvalue weighted by molar-refractivity contribution is 6.81. The highest BCUT2D eigenvalue weighted by Gasteiger charge is 2.38. The fourth-order valence-electron chi connectivity index (χ4n) is 2.68. The number of Topliss-reactive ketones (excluding diaryl/α,β-unsaturated/α-hetero) is 1. The molecule has 2 heterocycles. The van der Waals surface area contributed by atoms with Gasteiger partial charge in [0.1, 0.15) is 5.78 Å². The second-order valence-corrected chi connectivity index (χ2v) is 9.25. The average molecular weight is 168 g/mol. The van der Waals surface area contributed by atoms with E-state index >= 15 is 0 Å². The van der Waals surface area contributed by atoms with Gasteiger partial charge in [0.15, 0.2) is 0 Å². The molecule has 2 saturated heterocycles. The molecule has 0 atom stereocenters. The summed E-state index contributed by atoms with van der Waals surface area (Å²) in [6.07, 6.45) is 4.82. The lowest BCUT2D eigenvalue weighted by atomic mass is 10.2. The molecule has 0 aromatic rings. The van der Waals surface area contributed by atoms with Gasteiger partial charge in [0, 0.05) is 12.8 Å². The van der Waals surface area contributed by atoms with E-state index in [4.69, 9.17) is 0 Å². The first-order chi connectivity index (χ1) is 5.31. The summed E-state index contributed by atoms with van der Waals surface area (Å²) in [4.78, 5) is 11.0. The van der Waals surface area contributed by atoms with E-state index in [0.29, 0.717) is 5.78 Å². The maximum absolute atomic E-state index is 11.0. The summed E-state index contributed by atoms with van der Waals surface area (Å²) in [6.45, 7) is 0. The lowest BCUT2D eigenvalue weighted by molar-refractivity contribution is -0.118. The summed E-state index contributed by atoms with van der Waals surface area (Å²) in [5.41, 5.74) is 0. The van der Waals surface area contributed by atoms with Gasteiger partial charge in [0.25, 0.3) is 0 Å². The van der Waals surface area contributed by atoms with Gasteiger partial charge >= 0.3 is 0 Å². The molecule has 0 N–H and O–H groups in total. The van der Waals surface area contributed by atoms with Crippen molar-refractivity contribution < 1.29 is 4.79 Å². The zero-order chi connectivity index (χ0) is 7.73. The topological polar surface area (TPSA) is 17.1 Å². The first-order valence-corrected chi connectivity index (χ1v) is 7.65. The molecule has 2 aliphatic heterocycles. The molecule has 0 aromatic carbocycles. The van der Waals surface area contributed by atoms with Gasteiger partial charge in [-0.05, 0) is 0 Å². The molecule has 2 aliphatic rings. The number of carbonyl (C=O) groups excluding carboxylic acids is 1. The standard InChI is InChI=1S/C9H16OSi/c10-9-3-7-11(8-4-9)5-1-2-6-11/h1-8H2. The SMILES string of the molecule is O=C1CC[Si]2(CCCC2)CC1. The number of hydrogen-bond donors (Lipinski definition) is 0. The Balaban J connectivity index is 1.99. The summed E-state index contributed by atoms with van der Waals surface area (Å²) < 4.78 is 0. The largest absolute Gasteiger partial charge is 0.300 e. The summed E-state index contributed by atoms with van der Waals surface area (Å²) in [5, 5.41) is 0. The van der Waals surface area contributed by atoms with Crippen LogP contribution in [-0.2, 0) is 4.79 Å². The maximum atomic E-state index is 11.0. The molecule has 1 spiro atoms. The van der Waals surface area contributed by atoms with Crippen LogP contribution in [0.3, 0.4) is 0 Å². The third-order valence-electron chi connectivity index (χ3n) is 3.53. The molecule has 1 nitrogen and oxygen atoms in total. The van der Waals surface area contributed by atoms with Crippen LogP contribution in [0.25, 0.3) is 0 Å². The lowest BCUT2D eigenvalue weighted by Gasteiger charge is -2.29. The van der Waals surface area contributed by atoms with Crippen molar-refractivity contribution in [1.29, 1.82) is 0 Å². The minimum absolute atomic E-state index is 0.537. The van der Waals surface area contributed by atoms with Gasteiger partial charge in [0.05, 0.1) is 8.07 Å². The highest BCUT2D eigenvalue weighted by Crippen LogP contribution is 2.41. The number of rotatable bonds is 0. The van der Waals surface area contributed by atoms with Gasteiger partial charge in [0.2, 0.25) is 0 Å². The Kier molecular flexibility index (Phi) is 1.87. The van der Waals surface area contributed by atoms with Crippen LogP contribution in [-0.4, -0.2) is 13.9 Å². The van der Waals surface area contributed by atoms with E-state index in [2.05, 4.69) is 0 Å². The van der Waals surface area contributed by atoms with Crippen molar-refractivity contribution in [1.82, 2.24) is 0 Å². The van der Waals surface area contributed by atoms with Gasteiger partial charge in [-0.3, -0.25) is 4.79 Å². The van der Waals surface area contributed by atoms with Gasteiger partial charge in [-0.25, -0.2) is 0 Å². The zero-order valence-corrected chi connectivity index (χ0v) is 8.07. The van der Waals surface area contributed by atoms with E-state index in [9.17, 15) is 4.79 Å². The van der Waals surface area contributed by atoms with Crippen molar-refractivity contribution in [2.75, 3.05) is 0 Å². The fraction of sp³-hybridized carbons (Fsp3) is 0.889. The maximum Gasteiger partial charge on any atom is 0.132 e. The normalized spacial score (nSPS) is 29.6. The molecule has 0 aliphatic carbocycles. The van der Waals surface area contributed by atoms with E-state index < -0.39 is 8.07 Å². The van der Waals surface area contributed by atoms with Crippen LogP contribution in [0.5, 0.6) is 0 Å². The van der Waals surface area contributed by atoms with Gasteiger partial charge in [-0.15, -0.1) is 0 Å². The molecular weight excluding hydrogens is 152 g/mol. The number of hydrogen-bond acceptors (Lipinski definition) is 1. The zero-order valence-electron chi connectivity index (χ0n) is 7.07. The third-order valence-corrected chi connectivity index (χ3v) is 8.98. The van der Waals surface area contributed by atoms with E-state index in [1.807, 2.05) is 0 Å². The van der Waals surface area contributed by atoms with Crippen LogP contribution < -0.4 is 0 Å². The molecule has 0 bridgehead atoms. The second kappa shape index (κ2) is 2.74. The van der Waals surface area contributed by atoms with Crippen LogP contribution >= 0.6 is 0 Å². The molecule has 0 unspecified atom stereocenters. The van der Waals surface area contributed by atoms with Crippen molar-refractivity contribution in [3.63, 3.8) is 0 Å². The molecule has 2 heteroatoms. The van der Waals surface area contributed by atoms with E-state index in [1.165, 1.54) is 24.9 Å². The smallest absolute Gasteiger partial charge is 0.132 e. The molecule has 62 valence electrons. The Bertz CT molecular complexity index is 158. The summed E-state index contributed by atoms with van der Waals surface area (Å²) in [5.74, 6) is 0.537. The van der Waals surface area contributed by atoms with Crippen molar-refractivity contribution in [3.05, 3.63) is 0 Å². The number of ketones is 1. The minimum Gasteiger partial charge on any atom is -0.300 e. The highest BCUT2D eigenvalue weighted by atomic mass is 28.3. The van der Waals surface area contributed by atoms with Crippen LogP contribution in [0.2, 0.25) is 24.2 Å². The van der Waals surface area contributed by atoms with E-state index in [0.717, 1.165) is 12.8 Å². The quantitative estimate of drug-likeness (QED) is 0.508. The molecule has 0 amide bonds. The molecule has 0 saturated carbocycles. The van der Waals surface area contributed by atoms with Crippen molar-refractivity contribution in [2.24, 2.45) is 0 Å². The minimum atomic E-state index is -0.782. The molecule has 11 heavy (non-hydrogen) atoms. The Morgan fingerprint density at radius 3 is 2.00 bits per heavy atom.